The van der Waals surface area contributed by atoms with Gasteiger partial charge in [-0.1, -0.05) is 0 Å². The Balaban J connectivity index is 1.18. The van der Waals surface area contributed by atoms with Gasteiger partial charge in [-0.25, -0.2) is 19.2 Å². The molecule has 1 aliphatic carbocycles. The summed E-state index contributed by atoms with van der Waals surface area (Å²) in [5.41, 5.74) is 2.77. The molecule has 176 valence electrons. The minimum atomic E-state index is -0.529. The molecule has 8 nitrogen and oxygen atoms in total. The van der Waals surface area contributed by atoms with Crippen LogP contribution in [-0.4, -0.2) is 48.9 Å². The zero-order chi connectivity index (χ0) is 23.2. The molecule has 2 fully saturated rings. The number of pyridine rings is 2. The van der Waals surface area contributed by atoms with Crippen LogP contribution >= 0.6 is 0 Å². The number of aromatic nitrogens is 2. The largest absolute Gasteiger partial charge is 0.474 e. The molecule has 3 N–H and O–H groups in total. The number of halogens is 1. The molecule has 6 rings (SSSR count). The van der Waals surface area contributed by atoms with E-state index in [1.165, 1.54) is 6.07 Å². The molecular weight excluding hydrogens is 437 g/mol. The maximum atomic E-state index is 15.0. The van der Waals surface area contributed by atoms with E-state index in [4.69, 9.17) is 9.47 Å². The van der Waals surface area contributed by atoms with Gasteiger partial charge in [-0.15, -0.1) is 0 Å². The fraction of sp³-hybridized carbons (Fsp3) is 0.400. The Hall–Kier alpha value is -3.46. The monoisotopic (exact) mass is 463 g/mol. The average molecular weight is 464 g/mol. The summed E-state index contributed by atoms with van der Waals surface area (Å²) in [7, 11) is 0. The van der Waals surface area contributed by atoms with E-state index < -0.39 is 6.09 Å². The second-order valence-corrected chi connectivity index (χ2v) is 9.20. The van der Waals surface area contributed by atoms with Crippen molar-refractivity contribution in [2.75, 3.05) is 43.5 Å². The van der Waals surface area contributed by atoms with Crippen LogP contribution in [-0.2, 0) is 4.74 Å². The van der Waals surface area contributed by atoms with Gasteiger partial charge in [0.1, 0.15) is 23.9 Å². The molecule has 2 atom stereocenters. The molecule has 34 heavy (non-hydrogen) atoms. The Morgan fingerprint density at radius 2 is 2.03 bits per heavy atom. The van der Waals surface area contributed by atoms with Gasteiger partial charge in [-0.05, 0) is 73.3 Å². The van der Waals surface area contributed by atoms with Crippen LogP contribution in [0.3, 0.4) is 0 Å². The van der Waals surface area contributed by atoms with Crippen LogP contribution in [0.25, 0.3) is 21.9 Å². The predicted octanol–water partition coefficient (Wildman–Crippen LogP) is 3.95. The first-order valence-electron chi connectivity index (χ1n) is 11.7. The highest BCUT2D eigenvalue weighted by atomic mass is 19.1. The van der Waals surface area contributed by atoms with Crippen LogP contribution in [0, 0.1) is 30.5 Å². The minimum absolute atomic E-state index is 0.359. The first kappa shape index (κ1) is 21.1. The maximum absolute atomic E-state index is 15.0. The lowest BCUT2D eigenvalue weighted by Gasteiger charge is -2.21. The van der Waals surface area contributed by atoms with Crippen molar-refractivity contribution in [3.05, 3.63) is 42.0 Å². The lowest BCUT2D eigenvalue weighted by atomic mass is 9.98. The molecule has 3 aromatic rings. The number of nitrogens with zero attached hydrogens (tertiary/aromatic N) is 2. The van der Waals surface area contributed by atoms with E-state index in [1.54, 1.807) is 24.5 Å². The van der Waals surface area contributed by atoms with Crippen molar-refractivity contribution in [1.29, 1.82) is 0 Å². The summed E-state index contributed by atoms with van der Waals surface area (Å²) in [6.45, 7) is 5.70. The van der Waals surface area contributed by atoms with Crippen molar-refractivity contribution in [3.8, 4) is 17.0 Å². The van der Waals surface area contributed by atoms with Crippen molar-refractivity contribution in [1.82, 2.24) is 15.3 Å². The summed E-state index contributed by atoms with van der Waals surface area (Å²) in [5, 5.41) is 10.7. The number of rotatable bonds is 5. The summed E-state index contributed by atoms with van der Waals surface area (Å²) in [6, 6.07) is 4.92. The van der Waals surface area contributed by atoms with Crippen LogP contribution < -0.4 is 20.7 Å². The number of benzene rings is 1. The number of ether oxygens (including phenoxy) is 2. The zero-order valence-corrected chi connectivity index (χ0v) is 18.9. The molecule has 0 radical (unpaired) electrons. The van der Waals surface area contributed by atoms with E-state index in [-0.39, 0.29) is 5.82 Å². The van der Waals surface area contributed by atoms with Gasteiger partial charge < -0.3 is 20.1 Å². The van der Waals surface area contributed by atoms with Crippen LogP contribution in [0.15, 0.2) is 30.6 Å². The van der Waals surface area contributed by atoms with Crippen LogP contribution in [0.2, 0.25) is 0 Å². The normalized spacial score (nSPS) is 22.4. The van der Waals surface area contributed by atoms with E-state index in [0.29, 0.717) is 53.9 Å². The highest BCUT2D eigenvalue weighted by molar-refractivity contribution is 5.92. The van der Waals surface area contributed by atoms with Crippen LogP contribution in [0.1, 0.15) is 12.0 Å². The summed E-state index contributed by atoms with van der Waals surface area (Å²) >= 11 is 0. The van der Waals surface area contributed by atoms with Crippen molar-refractivity contribution in [3.63, 3.8) is 0 Å². The van der Waals surface area contributed by atoms with Gasteiger partial charge in [-0.3, -0.25) is 5.32 Å². The lowest BCUT2D eigenvalue weighted by molar-refractivity contribution is 0.156. The number of nitrogens with one attached hydrogen (secondary N) is 3. The molecule has 1 saturated carbocycles. The number of hydrogen-bond acceptors (Lipinski definition) is 7. The molecule has 2 aliphatic heterocycles. The Labute approximate surface area is 196 Å². The summed E-state index contributed by atoms with van der Waals surface area (Å²) in [4.78, 5) is 20.8. The second-order valence-electron chi connectivity index (χ2n) is 9.20. The third kappa shape index (κ3) is 3.79. The Morgan fingerprint density at radius 1 is 1.18 bits per heavy atom. The highest BCUT2D eigenvalue weighted by Gasteiger charge is 2.52. The smallest absolute Gasteiger partial charge is 0.412 e. The molecule has 2 aromatic heterocycles. The number of carbonyl (C=O) groups is 1. The number of hydrogen-bond donors (Lipinski definition) is 3. The molecule has 0 spiro atoms. The van der Waals surface area contributed by atoms with Gasteiger partial charge in [0.25, 0.3) is 0 Å². The minimum Gasteiger partial charge on any atom is -0.474 e. The van der Waals surface area contributed by atoms with Crippen LogP contribution in [0.4, 0.5) is 20.7 Å². The van der Waals surface area contributed by atoms with Gasteiger partial charge in [-0.2, -0.15) is 0 Å². The Morgan fingerprint density at radius 3 is 2.88 bits per heavy atom. The fourth-order valence-corrected chi connectivity index (χ4v) is 5.34. The summed E-state index contributed by atoms with van der Waals surface area (Å²) in [5.74, 6) is 2.70. The lowest BCUT2D eigenvalue weighted by Crippen LogP contribution is -2.20. The highest BCUT2D eigenvalue weighted by Crippen LogP contribution is 2.50. The van der Waals surface area contributed by atoms with E-state index in [1.807, 2.05) is 6.92 Å². The third-order valence-electron chi connectivity index (χ3n) is 7.23. The summed E-state index contributed by atoms with van der Waals surface area (Å²) < 4.78 is 26.0. The topological polar surface area (TPSA) is 97.4 Å². The fourth-order valence-electron chi connectivity index (χ4n) is 5.34. The number of fused-ring (bicyclic) bond motifs is 3. The standard InChI is InChI=1S/C25H26FN5O3/c1-13-18(12-30-24-23(13)28-3-5-33-24)17-6-14-8-22(29-9-15(14)7-21(17)26)31-25(32)34-4-2-16-19-10-27-11-20(16)19/h6-9,12,16,19-20,27-28H,2-5,10-11H2,1H3,(H,29,31,32). The predicted molar refractivity (Wildman–Crippen MR) is 127 cm³/mol. The van der Waals surface area contributed by atoms with Gasteiger partial charge in [0, 0.05) is 35.5 Å². The van der Waals surface area contributed by atoms with E-state index in [9.17, 15) is 4.79 Å². The molecule has 4 heterocycles. The first-order chi connectivity index (χ1) is 16.6. The molecular formula is C25H26FN5O3. The maximum Gasteiger partial charge on any atom is 0.412 e. The van der Waals surface area contributed by atoms with Crippen molar-refractivity contribution >= 4 is 28.4 Å². The average Bonchev–Trinajstić information content (AvgIpc) is 3.25. The van der Waals surface area contributed by atoms with Gasteiger partial charge >= 0.3 is 6.09 Å². The van der Waals surface area contributed by atoms with Crippen molar-refractivity contribution in [2.45, 2.75) is 13.3 Å². The quantitative estimate of drug-likeness (QED) is 0.527. The van der Waals surface area contributed by atoms with Gasteiger partial charge in [0.2, 0.25) is 5.88 Å². The van der Waals surface area contributed by atoms with E-state index >= 15 is 4.39 Å². The Kier molecular flexibility index (Phi) is 5.21. The molecule has 1 aromatic carbocycles. The van der Waals surface area contributed by atoms with Gasteiger partial charge in [0.15, 0.2) is 0 Å². The SMILES string of the molecule is Cc1c(-c2cc3cc(NC(=O)OCCC4C5CNCC45)ncc3cc2F)cnc2c1NCCO2. The third-order valence-corrected chi connectivity index (χ3v) is 7.23. The van der Waals surface area contributed by atoms with Crippen LogP contribution in [0.5, 0.6) is 5.88 Å². The first-order valence-corrected chi connectivity index (χ1v) is 11.7. The Bertz CT molecular complexity index is 1270. The van der Waals surface area contributed by atoms with Crippen molar-refractivity contribution < 1.29 is 18.7 Å². The molecule has 0 bridgehead atoms. The second kappa shape index (κ2) is 8.39. The van der Waals surface area contributed by atoms with E-state index in [0.717, 1.165) is 48.0 Å². The molecule has 1 amide bonds. The van der Waals surface area contributed by atoms with Crippen molar-refractivity contribution in [2.24, 2.45) is 17.8 Å². The number of piperidine rings is 1. The zero-order valence-electron chi connectivity index (χ0n) is 18.9. The molecule has 1 saturated heterocycles. The summed E-state index contributed by atoms with van der Waals surface area (Å²) in [6.07, 6.45) is 3.54. The number of amides is 1. The number of carbonyl (C=O) groups excluding carboxylic acids is 1. The molecule has 3 aliphatic rings. The van der Waals surface area contributed by atoms with E-state index in [2.05, 4.69) is 25.9 Å². The number of anilines is 2. The van der Waals surface area contributed by atoms with Gasteiger partial charge in [0.05, 0.1) is 6.61 Å². The molecule has 2 unspecified atom stereocenters. The molecule has 9 heteroatoms.